The number of aliphatic hydroxyl groups is 1. The van der Waals surface area contributed by atoms with E-state index in [1.54, 1.807) is 0 Å². The van der Waals surface area contributed by atoms with Gasteiger partial charge in [0.2, 0.25) is 10.0 Å². The van der Waals surface area contributed by atoms with Gasteiger partial charge in [-0.25, -0.2) is 17.9 Å². The summed E-state index contributed by atoms with van der Waals surface area (Å²) in [5.74, 6) is -1.22. The van der Waals surface area contributed by atoms with Crippen LogP contribution in [0.25, 0.3) is 0 Å². The van der Waals surface area contributed by atoms with E-state index in [1.807, 2.05) is 0 Å². The highest BCUT2D eigenvalue weighted by Gasteiger charge is 2.19. The molecule has 0 amide bonds. The summed E-state index contributed by atoms with van der Waals surface area (Å²) < 4.78 is 26.4. The molecule has 0 spiro atoms. The van der Waals surface area contributed by atoms with Crippen molar-refractivity contribution in [2.45, 2.75) is 24.2 Å². The van der Waals surface area contributed by atoms with Gasteiger partial charge in [-0.3, -0.25) is 0 Å². The third kappa shape index (κ3) is 4.75. The van der Waals surface area contributed by atoms with Gasteiger partial charge in [0.05, 0.1) is 10.6 Å². The van der Waals surface area contributed by atoms with Gasteiger partial charge in [0.25, 0.3) is 0 Å². The fraction of sp³-hybridized carbons (Fsp3) is 0.417. The van der Waals surface area contributed by atoms with Crippen LogP contribution in [-0.2, 0) is 10.0 Å². The average Bonchev–Trinajstić information content (AvgIpc) is 2.38. The van der Waals surface area contributed by atoms with Crippen molar-refractivity contribution in [3.8, 4) is 0 Å². The van der Waals surface area contributed by atoms with Crippen LogP contribution in [0.5, 0.6) is 0 Å². The Morgan fingerprint density at radius 2 is 1.95 bits per heavy atom. The van der Waals surface area contributed by atoms with Crippen LogP contribution in [0, 0.1) is 0 Å². The molecule has 0 heterocycles. The highest BCUT2D eigenvalue weighted by atomic mass is 35.5. The van der Waals surface area contributed by atoms with Crippen LogP contribution >= 0.6 is 11.6 Å². The van der Waals surface area contributed by atoms with Gasteiger partial charge in [-0.05, 0) is 37.5 Å². The average molecular weight is 322 g/mol. The second-order valence-corrected chi connectivity index (χ2v) is 6.27. The van der Waals surface area contributed by atoms with E-state index in [2.05, 4.69) is 4.72 Å². The van der Waals surface area contributed by atoms with Gasteiger partial charge in [-0.2, -0.15) is 0 Å². The Labute approximate surface area is 122 Å². The molecular formula is C12H16ClNO5S. The molecule has 0 fully saturated rings. The van der Waals surface area contributed by atoms with Gasteiger partial charge < -0.3 is 10.2 Å². The van der Waals surface area contributed by atoms with Crippen molar-refractivity contribution in [3.05, 3.63) is 28.8 Å². The van der Waals surface area contributed by atoms with Crippen LogP contribution in [0.1, 0.15) is 29.6 Å². The molecule has 1 aromatic carbocycles. The molecule has 0 saturated carbocycles. The molecule has 3 N–H and O–H groups in total. The van der Waals surface area contributed by atoms with Crippen molar-refractivity contribution < 1.29 is 23.4 Å². The summed E-state index contributed by atoms with van der Waals surface area (Å²) in [6.07, 6.45) is 1.88. The lowest BCUT2D eigenvalue weighted by Crippen LogP contribution is -2.25. The first-order valence-electron chi connectivity index (χ1n) is 6.02. The zero-order valence-electron chi connectivity index (χ0n) is 10.7. The topological polar surface area (TPSA) is 104 Å². The standard InChI is InChI=1S/C12H16ClNO5S/c13-10-5-4-9(12(16)17)8-11(10)20(18,19)14-6-2-1-3-7-15/h4-5,8,14-15H,1-3,6-7H2,(H,16,17). The number of sulfonamides is 1. The molecule has 0 saturated heterocycles. The smallest absolute Gasteiger partial charge is 0.335 e. The number of carbonyl (C=O) groups is 1. The number of aliphatic hydroxyl groups excluding tert-OH is 1. The first kappa shape index (κ1) is 16.9. The van der Waals surface area contributed by atoms with Crippen molar-refractivity contribution in [1.82, 2.24) is 4.72 Å². The zero-order valence-corrected chi connectivity index (χ0v) is 12.2. The van der Waals surface area contributed by atoms with E-state index in [4.69, 9.17) is 21.8 Å². The van der Waals surface area contributed by atoms with Crippen LogP contribution in [-0.4, -0.2) is 37.8 Å². The summed E-state index contributed by atoms with van der Waals surface area (Å²) >= 11 is 5.80. The third-order valence-electron chi connectivity index (χ3n) is 2.59. The van der Waals surface area contributed by atoms with Crippen LogP contribution < -0.4 is 4.72 Å². The number of carboxylic acids is 1. The Balaban J connectivity index is 2.81. The zero-order chi connectivity index (χ0) is 15.2. The van der Waals surface area contributed by atoms with Gasteiger partial charge in [-0.1, -0.05) is 11.6 Å². The summed E-state index contributed by atoms with van der Waals surface area (Å²) in [5.41, 5.74) is -0.143. The number of benzene rings is 1. The molecule has 0 radical (unpaired) electrons. The van der Waals surface area contributed by atoms with Crippen molar-refractivity contribution in [1.29, 1.82) is 0 Å². The van der Waals surface area contributed by atoms with Crippen LogP contribution in [0.2, 0.25) is 5.02 Å². The molecule has 6 nitrogen and oxygen atoms in total. The summed E-state index contributed by atoms with van der Waals surface area (Å²) in [6, 6.07) is 3.51. The molecule has 8 heteroatoms. The second-order valence-electron chi connectivity index (χ2n) is 4.13. The van der Waals surface area contributed by atoms with Gasteiger partial charge in [0, 0.05) is 13.2 Å². The number of halogens is 1. The maximum atomic E-state index is 12.0. The molecule has 0 bridgehead atoms. The first-order chi connectivity index (χ1) is 9.38. The molecule has 0 atom stereocenters. The van der Waals surface area contributed by atoms with E-state index in [9.17, 15) is 13.2 Å². The maximum Gasteiger partial charge on any atom is 0.335 e. The second kappa shape index (κ2) is 7.58. The molecule has 0 aliphatic carbocycles. The van der Waals surface area contributed by atoms with Gasteiger partial charge in [0.1, 0.15) is 4.90 Å². The Morgan fingerprint density at radius 1 is 1.25 bits per heavy atom. The third-order valence-corrected chi connectivity index (χ3v) is 4.54. The van der Waals surface area contributed by atoms with Crippen LogP contribution in [0.4, 0.5) is 0 Å². The summed E-state index contributed by atoms with van der Waals surface area (Å²) in [5, 5.41) is 17.4. The first-order valence-corrected chi connectivity index (χ1v) is 7.88. The van der Waals surface area contributed by atoms with E-state index >= 15 is 0 Å². The van der Waals surface area contributed by atoms with Crippen molar-refractivity contribution in [2.75, 3.05) is 13.2 Å². The molecular weight excluding hydrogens is 306 g/mol. The molecule has 0 aliphatic rings. The Kier molecular flexibility index (Phi) is 6.41. The van der Waals surface area contributed by atoms with E-state index in [1.165, 1.54) is 12.1 Å². The highest BCUT2D eigenvalue weighted by Crippen LogP contribution is 2.22. The number of hydrogen-bond donors (Lipinski definition) is 3. The van der Waals surface area contributed by atoms with Crippen molar-refractivity contribution in [3.63, 3.8) is 0 Å². The minimum absolute atomic E-state index is 0.0298. The van der Waals surface area contributed by atoms with Crippen LogP contribution in [0.15, 0.2) is 23.1 Å². The fourth-order valence-electron chi connectivity index (χ4n) is 1.54. The lowest BCUT2D eigenvalue weighted by atomic mass is 10.2. The maximum absolute atomic E-state index is 12.0. The van der Waals surface area contributed by atoms with Gasteiger partial charge in [0.15, 0.2) is 0 Å². The fourth-order valence-corrected chi connectivity index (χ4v) is 3.14. The van der Waals surface area contributed by atoms with E-state index < -0.39 is 16.0 Å². The molecule has 1 aromatic rings. The Morgan fingerprint density at radius 3 is 2.55 bits per heavy atom. The summed E-state index contributed by atoms with van der Waals surface area (Å²) in [7, 11) is -3.84. The molecule has 112 valence electrons. The molecule has 0 unspecified atom stereocenters. The van der Waals surface area contributed by atoms with E-state index in [-0.39, 0.29) is 28.6 Å². The Bertz CT molecular complexity index is 573. The number of rotatable bonds is 8. The monoisotopic (exact) mass is 321 g/mol. The Hall–Kier alpha value is -1.15. The highest BCUT2D eigenvalue weighted by molar-refractivity contribution is 7.89. The molecule has 0 aliphatic heterocycles. The molecule has 0 aromatic heterocycles. The number of aromatic carboxylic acids is 1. The van der Waals surface area contributed by atoms with E-state index in [0.717, 1.165) is 6.07 Å². The quantitative estimate of drug-likeness (QED) is 0.629. The van der Waals surface area contributed by atoms with Gasteiger partial charge >= 0.3 is 5.97 Å². The number of nitrogens with one attached hydrogen (secondary N) is 1. The number of unbranched alkanes of at least 4 members (excludes halogenated alkanes) is 2. The summed E-state index contributed by atoms with van der Waals surface area (Å²) in [6.45, 7) is 0.273. The minimum Gasteiger partial charge on any atom is -0.478 e. The van der Waals surface area contributed by atoms with Crippen molar-refractivity contribution >= 4 is 27.6 Å². The van der Waals surface area contributed by atoms with Gasteiger partial charge in [-0.15, -0.1) is 0 Å². The predicted octanol–water partition coefficient (Wildman–Crippen LogP) is 1.48. The van der Waals surface area contributed by atoms with Crippen molar-refractivity contribution in [2.24, 2.45) is 0 Å². The van der Waals surface area contributed by atoms with Crippen LogP contribution in [0.3, 0.4) is 0 Å². The molecule has 20 heavy (non-hydrogen) atoms. The number of carboxylic acid groups (broad SMARTS) is 1. The van der Waals surface area contributed by atoms with E-state index in [0.29, 0.717) is 19.3 Å². The largest absolute Gasteiger partial charge is 0.478 e. The lowest BCUT2D eigenvalue weighted by Gasteiger charge is -2.09. The summed E-state index contributed by atoms with van der Waals surface area (Å²) in [4.78, 5) is 10.6. The predicted molar refractivity (Wildman–Crippen MR) is 74.5 cm³/mol. The minimum atomic E-state index is -3.84. The molecule has 1 rings (SSSR count). The normalized spacial score (nSPS) is 11.5. The number of hydrogen-bond acceptors (Lipinski definition) is 4. The SMILES string of the molecule is O=C(O)c1ccc(Cl)c(S(=O)(=O)NCCCCCO)c1. The lowest BCUT2D eigenvalue weighted by molar-refractivity contribution is 0.0696.